The lowest BCUT2D eigenvalue weighted by molar-refractivity contribution is -0.112. The number of halogens is 1. The van der Waals surface area contributed by atoms with Gasteiger partial charge in [-0.2, -0.15) is 5.26 Å². The summed E-state index contributed by atoms with van der Waals surface area (Å²) in [6.45, 7) is 4.37. The van der Waals surface area contributed by atoms with Crippen LogP contribution in [-0.2, 0) is 11.4 Å². The van der Waals surface area contributed by atoms with E-state index in [0.717, 1.165) is 16.7 Å². The molecule has 0 bridgehead atoms. The summed E-state index contributed by atoms with van der Waals surface area (Å²) in [7, 11) is 0. The Morgan fingerprint density at radius 1 is 1.07 bits per heavy atom. The summed E-state index contributed by atoms with van der Waals surface area (Å²) in [5, 5.41) is 12.6. The van der Waals surface area contributed by atoms with Crippen LogP contribution in [0, 0.1) is 25.2 Å². The number of nitrogens with one attached hydrogen (secondary N) is 1. The van der Waals surface area contributed by atoms with Gasteiger partial charge in [0.2, 0.25) is 0 Å². The molecule has 4 nitrogen and oxygen atoms in total. The van der Waals surface area contributed by atoms with Crippen LogP contribution < -0.4 is 10.1 Å². The van der Waals surface area contributed by atoms with E-state index >= 15 is 0 Å². The van der Waals surface area contributed by atoms with E-state index in [4.69, 9.17) is 16.3 Å². The number of nitriles is 1. The van der Waals surface area contributed by atoms with Crippen molar-refractivity contribution < 1.29 is 9.53 Å². The second-order valence-electron chi connectivity index (χ2n) is 6.89. The second-order valence-corrected chi connectivity index (χ2v) is 7.29. The quantitative estimate of drug-likeness (QED) is 0.391. The smallest absolute Gasteiger partial charge is 0.266 e. The van der Waals surface area contributed by atoms with Crippen molar-refractivity contribution in [3.8, 4) is 11.8 Å². The molecule has 0 atom stereocenters. The molecule has 0 spiro atoms. The predicted molar refractivity (Wildman–Crippen MR) is 120 cm³/mol. The van der Waals surface area contributed by atoms with Crippen molar-refractivity contribution >= 4 is 29.3 Å². The number of ether oxygens (including phenoxy) is 1. The standard InChI is InChI=1S/C25H21ClN2O2/c1-17-8-10-22(12-18(17)2)28-25(29)21(15-27)13-20-9-11-24(23(26)14-20)30-16-19-6-4-3-5-7-19/h3-14H,16H2,1-2H3,(H,28,29)/b21-13+. The number of carbonyl (C=O) groups excluding carboxylic acids is 1. The predicted octanol–water partition coefficient (Wildman–Crippen LogP) is 6.08. The molecule has 1 amide bonds. The molecule has 0 aliphatic rings. The molecule has 0 saturated heterocycles. The van der Waals surface area contributed by atoms with E-state index in [9.17, 15) is 10.1 Å². The molecule has 3 aromatic rings. The van der Waals surface area contributed by atoms with Crippen LogP contribution in [-0.4, -0.2) is 5.91 Å². The molecule has 0 unspecified atom stereocenters. The Balaban J connectivity index is 1.71. The number of hydrogen-bond donors (Lipinski definition) is 1. The zero-order valence-corrected chi connectivity index (χ0v) is 17.5. The maximum Gasteiger partial charge on any atom is 0.266 e. The average Bonchev–Trinajstić information content (AvgIpc) is 2.74. The van der Waals surface area contributed by atoms with Crippen molar-refractivity contribution in [3.05, 3.63) is 99.6 Å². The van der Waals surface area contributed by atoms with E-state index < -0.39 is 5.91 Å². The molecule has 0 aromatic heterocycles. The molecule has 0 aliphatic carbocycles. The fraction of sp³-hybridized carbons (Fsp3) is 0.120. The highest BCUT2D eigenvalue weighted by Crippen LogP contribution is 2.27. The first-order valence-corrected chi connectivity index (χ1v) is 9.81. The normalized spacial score (nSPS) is 10.9. The third-order valence-corrected chi connectivity index (χ3v) is 4.93. The fourth-order valence-corrected chi connectivity index (χ4v) is 3.04. The van der Waals surface area contributed by atoms with Crippen molar-refractivity contribution in [1.29, 1.82) is 5.26 Å². The summed E-state index contributed by atoms with van der Waals surface area (Å²) >= 11 is 6.33. The fourth-order valence-electron chi connectivity index (χ4n) is 2.79. The lowest BCUT2D eigenvalue weighted by Crippen LogP contribution is -2.13. The minimum Gasteiger partial charge on any atom is -0.487 e. The van der Waals surface area contributed by atoms with Gasteiger partial charge in [0.1, 0.15) is 24.0 Å². The first kappa shape index (κ1) is 21.2. The summed E-state index contributed by atoms with van der Waals surface area (Å²) in [6, 6.07) is 22.5. The third kappa shape index (κ3) is 5.50. The molecule has 30 heavy (non-hydrogen) atoms. The van der Waals surface area contributed by atoms with Crippen molar-refractivity contribution in [2.24, 2.45) is 0 Å². The van der Waals surface area contributed by atoms with Gasteiger partial charge in [0, 0.05) is 5.69 Å². The Labute approximate surface area is 181 Å². The zero-order valence-electron chi connectivity index (χ0n) is 16.8. The topological polar surface area (TPSA) is 62.1 Å². The van der Waals surface area contributed by atoms with Gasteiger partial charge in [0.05, 0.1) is 5.02 Å². The third-order valence-electron chi connectivity index (χ3n) is 4.63. The van der Waals surface area contributed by atoms with E-state index in [0.29, 0.717) is 28.6 Å². The van der Waals surface area contributed by atoms with Crippen LogP contribution in [0.25, 0.3) is 6.08 Å². The van der Waals surface area contributed by atoms with Gasteiger partial charge in [-0.25, -0.2) is 0 Å². The number of carbonyl (C=O) groups is 1. The molecule has 3 aromatic carbocycles. The first-order chi connectivity index (χ1) is 14.5. The molecule has 0 heterocycles. The molecule has 0 saturated carbocycles. The lowest BCUT2D eigenvalue weighted by Gasteiger charge is -2.09. The molecule has 5 heteroatoms. The number of nitrogens with zero attached hydrogens (tertiary/aromatic N) is 1. The van der Waals surface area contributed by atoms with Gasteiger partial charge in [-0.1, -0.05) is 54.1 Å². The number of anilines is 1. The Hall–Kier alpha value is -3.55. The number of amides is 1. The molecule has 150 valence electrons. The van der Waals surface area contributed by atoms with Crippen LogP contribution in [0.3, 0.4) is 0 Å². The van der Waals surface area contributed by atoms with Crippen LogP contribution in [0.1, 0.15) is 22.3 Å². The van der Waals surface area contributed by atoms with Gasteiger partial charge in [-0.3, -0.25) is 4.79 Å². The summed E-state index contributed by atoms with van der Waals surface area (Å²) in [5.74, 6) is 0.0667. The number of rotatable bonds is 6. The molecule has 3 rings (SSSR count). The van der Waals surface area contributed by atoms with E-state index in [2.05, 4.69) is 5.32 Å². The summed E-state index contributed by atoms with van der Waals surface area (Å²) in [4.78, 5) is 12.5. The second kappa shape index (κ2) is 9.78. The van der Waals surface area contributed by atoms with Crippen LogP contribution in [0.5, 0.6) is 5.75 Å². The number of hydrogen-bond acceptors (Lipinski definition) is 3. The first-order valence-electron chi connectivity index (χ1n) is 9.43. The Kier molecular flexibility index (Phi) is 6.90. The molecule has 1 N–H and O–H groups in total. The Morgan fingerprint density at radius 3 is 2.50 bits per heavy atom. The summed E-state index contributed by atoms with van der Waals surface area (Å²) < 4.78 is 5.76. The van der Waals surface area contributed by atoms with Crippen molar-refractivity contribution in [3.63, 3.8) is 0 Å². The summed E-state index contributed by atoms with van der Waals surface area (Å²) in [6.07, 6.45) is 1.50. The number of benzene rings is 3. The van der Waals surface area contributed by atoms with E-state index in [1.165, 1.54) is 6.08 Å². The highest BCUT2D eigenvalue weighted by atomic mass is 35.5. The van der Waals surface area contributed by atoms with Crippen LogP contribution in [0.4, 0.5) is 5.69 Å². The minimum atomic E-state index is -0.471. The SMILES string of the molecule is Cc1ccc(NC(=O)/C(C#N)=C/c2ccc(OCc3ccccc3)c(Cl)c2)cc1C. The average molecular weight is 417 g/mol. The maximum absolute atomic E-state index is 12.5. The molecular formula is C25H21ClN2O2. The molecule has 0 aliphatic heterocycles. The monoisotopic (exact) mass is 416 g/mol. The van der Waals surface area contributed by atoms with Crippen molar-refractivity contribution in [1.82, 2.24) is 0 Å². The van der Waals surface area contributed by atoms with Gasteiger partial charge >= 0.3 is 0 Å². The molecular weight excluding hydrogens is 396 g/mol. The van der Waals surface area contributed by atoms with Crippen molar-refractivity contribution in [2.45, 2.75) is 20.5 Å². The molecule has 0 radical (unpaired) electrons. The van der Waals surface area contributed by atoms with Gasteiger partial charge < -0.3 is 10.1 Å². The minimum absolute atomic E-state index is 0.0118. The molecule has 0 fully saturated rings. The van der Waals surface area contributed by atoms with E-state index in [1.54, 1.807) is 18.2 Å². The van der Waals surface area contributed by atoms with Gasteiger partial charge in [-0.15, -0.1) is 0 Å². The Bertz CT molecular complexity index is 1130. The van der Waals surface area contributed by atoms with Crippen molar-refractivity contribution in [2.75, 3.05) is 5.32 Å². The number of aryl methyl sites for hydroxylation is 2. The highest BCUT2D eigenvalue weighted by Gasteiger charge is 2.11. The largest absolute Gasteiger partial charge is 0.487 e. The van der Waals surface area contributed by atoms with Gasteiger partial charge in [0.25, 0.3) is 5.91 Å². The maximum atomic E-state index is 12.5. The van der Waals surface area contributed by atoms with Crippen LogP contribution >= 0.6 is 11.6 Å². The zero-order chi connectivity index (χ0) is 21.5. The van der Waals surface area contributed by atoms with Crippen LogP contribution in [0.2, 0.25) is 5.02 Å². The Morgan fingerprint density at radius 2 is 1.83 bits per heavy atom. The van der Waals surface area contributed by atoms with Gasteiger partial charge in [-0.05, 0) is 66.4 Å². The van der Waals surface area contributed by atoms with E-state index in [1.807, 2.05) is 68.4 Å². The van der Waals surface area contributed by atoms with Crippen LogP contribution in [0.15, 0.2) is 72.3 Å². The lowest BCUT2D eigenvalue weighted by atomic mass is 10.1. The van der Waals surface area contributed by atoms with Gasteiger partial charge in [0.15, 0.2) is 0 Å². The summed E-state index contributed by atoms with van der Waals surface area (Å²) in [5.41, 5.74) is 4.50. The highest BCUT2D eigenvalue weighted by molar-refractivity contribution is 6.32. The van der Waals surface area contributed by atoms with E-state index in [-0.39, 0.29) is 5.57 Å².